The fourth-order valence-electron chi connectivity index (χ4n) is 2.76. The van der Waals surface area contributed by atoms with Gasteiger partial charge in [-0.2, -0.15) is 5.10 Å². The van der Waals surface area contributed by atoms with Crippen molar-refractivity contribution in [2.24, 2.45) is 0 Å². The first-order valence-corrected chi connectivity index (χ1v) is 8.13. The molecule has 2 aromatic carbocycles. The molecule has 0 unspecified atom stereocenters. The average molecular weight is 346 g/mol. The zero-order valence-corrected chi connectivity index (χ0v) is 13.8. The lowest BCUT2D eigenvalue weighted by Gasteiger charge is -2.06. The minimum absolute atomic E-state index is 0.276. The Kier molecular flexibility index (Phi) is 4.15. The number of fused-ring (bicyclic) bond motifs is 1. The summed E-state index contributed by atoms with van der Waals surface area (Å²) in [5.74, 6) is -0.581. The van der Waals surface area contributed by atoms with Gasteiger partial charge in [0.2, 0.25) is 0 Å². The molecule has 5 nitrogen and oxygen atoms in total. The molecule has 2 aromatic heterocycles. The monoisotopic (exact) mass is 346 g/mol. The van der Waals surface area contributed by atoms with Crippen molar-refractivity contribution < 1.29 is 9.18 Å². The lowest BCUT2D eigenvalue weighted by molar-refractivity contribution is 0.0952. The second-order valence-electron chi connectivity index (χ2n) is 5.80. The van der Waals surface area contributed by atoms with Gasteiger partial charge in [0.1, 0.15) is 11.4 Å². The highest BCUT2D eigenvalue weighted by atomic mass is 19.1. The Labute approximate surface area is 149 Å². The van der Waals surface area contributed by atoms with E-state index in [4.69, 9.17) is 0 Å². The molecule has 0 saturated carbocycles. The van der Waals surface area contributed by atoms with Crippen molar-refractivity contribution in [3.05, 3.63) is 90.0 Å². The largest absolute Gasteiger partial charge is 0.348 e. The van der Waals surface area contributed by atoms with Crippen LogP contribution in [-0.4, -0.2) is 20.5 Å². The maximum atomic E-state index is 13.0. The predicted octanol–water partition coefficient (Wildman–Crippen LogP) is 3.47. The van der Waals surface area contributed by atoms with Gasteiger partial charge in [0, 0.05) is 18.3 Å². The lowest BCUT2D eigenvalue weighted by Crippen LogP contribution is -2.22. The first-order valence-electron chi connectivity index (χ1n) is 8.13. The third-order valence-corrected chi connectivity index (χ3v) is 4.08. The van der Waals surface area contributed by atoms with Gasteiger partial charge in [0.15, 0.2) is 5.65 Å². The summed E-state index contributed by atoms with van der Waals surface area (Å²) < 4.78 is 14.6. The van der Waals surface area contributed by atoms with Crippen molar-refractivity contribution >= 4 is 11.6 Å². The number of carbonyl (C=O) groups excluding carboxylic acids is 1. The number of nitrogens with one attached hydrogen (secondary N) is 1. The zero-order chi connectivity index (χ0) is 17.9. The normalized spacial score (nSPS) is 10.8. The van der Waals surface area contributed by atoms with E-state index in [1.54, 1.807) is 22.8 Å². The molecular formula is C20H15FN4O. The Hall–Kier alpha value is -3.54. The number of nitrogens with zero attached hydrogens (tertiary/aromatic N) is 3. The molecule has 0 radical (unpaired) electrons. The van der Waals surface area contributed by atoms with E-state index in [0.717, 1.165) is 16.8 Å². The molecule has 6 heteroatoms. The average Bonchev–Trinajstić information content (AvgIpc) is 3.12. The van der Waals surface area contributed by atoms with Crippen LogP contribution in [0.1, 0.15) is 15.9 Å². The van der Waals surface area contributed by atoms with Crippen LogP contribution in [0.25, 0.3) is 16.9 Å². The van der Waals surface area contributed by atoms with Gasteiger partial charge in [-0.15, -0.1) is 0 Å². The van der Waals surface area contributed by atoms with Gasteiger partial charge < -0.3 is 5.32 Å². The SMILES string of the molecule is O=C(NCc1ccc(F)cc1)c1cnn2c(-c3ccccc3)ccnc12. The summed E-state index contributed by atoms with van der Waals surface area (Å²) >= 11 is 0. The van der Waals surface area contributed by atoms with Crippen LogP contribution in [0.5, 0.6) is 0 Å². The summed E-state index contributed by atoms with van der Waals surface area (Å²) in [6, 6.07) is 17.6. The Morgan fingerprint density at radius 1 is 1.04 bits per heavy atom. The predicted molar refractivity (Wildman–Crippen MR) is 96.0 cm³/mol. The number of halogens is 1. The molecule has 4 rings (SSSR count). The van der Waals surface area contributed by atoms with Crippen LogP contribution in [0.4, 0.5) is 4.39 Å². The fourth-order valence-corrected chi connectivity index (χ4v) is 2.76. The van der Waals surface area contributed by atoms with Crippen LogP contribution in [0.15, 0.2) is 73.1 Å². The number of aromatic nitrogens is 3. The topological polar surface area (TPSA) is 59.3 Å². The molecule has 128 valence electrons. The number of hydrogen-bond donors (Lipinski definition) is 1. The Balaban J connectivity index is 1.61. The molecule has 0 spiro atoms. The number of amides is 1. The molecule has 0 bridgehead atoms. The van der Waals surface area contributed by atoms with Crippen molar-refractivity contribution in [1.82, 2.24) is 19.9 Å². The van der Waals surface area contributed by atoms with Crippen LogP contribution >= 0.6 is 0 Å². The Morgan fingerprint density at radius 3 is 2.58 bits per heavy atom. The van der Waals surface area contributed by atoms with Crippen LogP contribution in [0.2, 0.25) is 0 Å². The highest BCUT2D eigenvalue weighted by molar-refractivity contribution is 5.99. The number of rotatable bonds is 4. The van der Waals surface area contributed by atoms with E-state index in [-0.39, 0.29) is 11.7 Å². The third-order valence-electron chi connectivity index (χ3n) is 4.08. The van der Waals surface area contributed by atoms with E-state index in [0.29, 0.717) is 17.8 Å². The molecule has 0 aliphatic carbocycles. The van der Waals surface area contributed by atoms with Crippen molar-refractivity contribution in [2.75, 3.05) is 0 Å². The van der Waals surface area contributed by atoms with Crippen molar-refractivity contribution in [3.8, 4) is 11.3 Å². The Morgan fingerprint density at radius 2 is 1.81 bits per heavy atom. The molecule has 1 N–H and O–H groups in total. The van der Waals surface area contributed by atoms with Crippen molar-refractivity contribution in [3.63, 3.8) is 0 Å². The van der Waals surface area contributed by atoms with Gasteiger partial charge in [-0.1, -0.05) is 42.5 Å². The summed E-state index contributed by atoms with van der Waals surface area (Å²) in [7, 11) is 0. The van der Waals surface area contributed by atoms with Crippen LogP contribution in [-0.2, 0) is 6.54 Å². The van der Waals surface area contributed by atoms with Crippen LogP contribution in [0.3, 0.4) is 0 Å². The minimum atomic E-state index is -0.305. The zero-order valence-electron chi connectivity index (χ0n) is 13.8. The Bertz CT molecular complexity index is 1060. The number of hydrogen-bond acceptors (Lipinski definition) is 3. The molecule has 1 amide bonds. The molecule has 0 atom stereocenters. The fraction of sp³-hybridized carbons (Fsp3) is 0.0500. The molecular weight excluding hydrogens is 331 g/mol. The van der Waals surface area contributed by atoms with Gasteiger partial charge >= 0.3 is 0 Å². The summed E-state index contributed by atoms with van der Waals surface area (Å²) in [4.78, 5) is 16.8. The highest BCUT2D eigenvalue weighted by Crippen LogP contribution is 2.20. The summed E-state index contributed by atoms with van der Waals surface area (Å²) in [5, 5.41) is 7.14. The van der Waals surface area contributed by atoms with Gasteiger partial charge in [-0.25, -0.2) is 13.9 Å². The van der Waals surface area contributed by atoms with Crippen molar-refractivity contribution in [1.29, 1.82) is 0 Å². The standard InChI is InChI=1S/C20H15FN4O/c21-16-8-6-14(7-9-16)12-23-20(26)17-13-24-25-18(10-11-22-19(17)25)15-4-2-1-3-5-15/h1-11,13H,12H2,(H,23,26). The quantitative estimate of drug-likeness (QED) is 0.616. The van der Waals surface area contributed by atoms with Gasteiger partial charge in [0.25, 0.3) is 5.91 Å². The molecule has 2 heterocycles. The molecule has 26 heavy (non-hydrogen) atoms. The van der Waals surface area contributed by atoms with E-state index in [9.17, 15) is 9.18 Å². The van der Waals surface area contributed by atoms with E-state index >= 15 is 0 Å². The number of carbonyl (C=O) groups is 1. The summed E-state index contributed by atoms with van der Waals surface area (Å²) in [6.07, 6.45) is 3.17. The lowest BCUT2D eigenvalue weighted by atomic mass is 10.1. The van der Waals surface area contributed by atoms with Gasteiger partial charge in [0.05, 0.1) is 11.9 Å². The summed E-state index contributed by atoms with van der Waals surface area (Å²) in [6.45, 7) is 0.300. The summed E-state index contributed by atoms with van der Waals surface area (Å²) in [5.41, 5.74) is 3.54. The highest BCUT2D eigenvalue weighted by Gasteiger charge is 2.15. The minimum Gasteiger partial charge on any atom is -0.348 e. The molecule has 0 saturated heterocycles. The van der Waals surface area contributed by atoms with Gasteiger partial charge in [-0.3, -0.25) is 4.79 Å². The maximum absolute atomic E-state index is 13.0. The van der Waals surface area contributed by atoms with Gasteiger partial charge in [-0.05, 0) is 23.8 Å². The second kappa shape index (κ2) is 6.76. The second-order valence-corrected chi connectivity index (χ2v) is 5.80. The first kappa shape index (κ1) is 16.0. The van der Waals surface area contributed by atoms with Crippen LogP contribution in [0, 0.1) is 5.82 Å². The van der Waals surface area contributed by atoms with E-state index < -0.39 is 0 Å². The molecule has 4 aromatic rings. The molecule has 0 fully saturated rings. The molecule has 0 aliphatic heterocycles. The third kappa shape index (κ3) is 3.04. The molecule has 0 aliphatic rings. The first-order chi connectivity index (χ1) is 12.7. The van der Waals surface area contributed by atoms with Crippen LogP contribution < -0.4 is 5.32 Å². The van der Waals surface area contributed by atoms with E-state index in [1.807, 2.05) is 36.4 Å². The maximum Gasteiger partial charge on any atom is 0.257 e. The van der Waals surface area contributed by atoms with E-state index in [1.165, 1.54) is 18.3 Å². The smallest absolute Gasteiger partial charge is 0.257 e. The number of benzene rings is 2. The van der Waals surface area contributed by atoms with E-state index in [2.05, 4.69) is 15.4 Å². The van der Waals surface area contributed by atoms with Crippen molar-refractivity contribution in [2.45, 2.75) is 6.54 Å².